The fraction of sp³-hybridized carbons (Fsp3) is 0.800. The zero-order valence-electron chi connectivity index (χ0n) is 19.4. The van der Waals surface area contributed by atoms with Crippen molar-refractivity contribution in [1.29, 1.82) is 0 Å². The predicted octanol–water partition coefficient (Wildman–Crippen LogP) is 4.48. The highest BCUT2D eigenvalue weighted by molar-refractivity contribution is 9.09. The number of aliphatic hydroxyl groups is 1. The Hall–Kier alpha value is -1.08. The van der Waals surface area contributed by atoms with Crippen molar-refractivity contribution in [3.8, 4) is 0 Å². The van der Waals surface area contributed by atoms with Crippen LogP contribution in [0.3, 0.4) is 0 Å². The number of aliphatic hydroxyl groups excluding tert-OH is 1. The molecule has 4 rings (SSSR count). The molecule has 8 atom stereocenters. The summed E-state index contributed by atoms with van der Waals surface area (Å²) in [5.74, 6) is -1.62. The van der Waals surface area contributed by atoms with Crippen LogP contribution in [0.25, 0.3) is 0 Å². The zero-order chi connectivity index (χ0) is 23.7. The Morgan fingerprint density at radius 2 is 1.97 bits per heavy atom. The summed E-state index contributed by atoms with van der Waals surface area (Å²) in [6, 6.07) is 0. The van der Waals surface area contributed by atoms with E-state index in [1.165, 1.54) is 0 Å². The van der Waals surface area contributed by atoms with Gasteiger partial charge in [-0.15, -0.1) is 0 Å². The number of halogens is 2. The van der Waals surface area contributed by atoms with Gasteiger partial charge in [-0.3, -0.25) is 14.4 Å². The topological polar surface area (TPSA) is 80.7 Å². The number of rotatable bonds is 4. The summed E-state index contributed by atoms with van der Waals surface area (Å²) in [6.45, 7) is 7.37. The van der Waals surface area contributed by atoms with Crippen LogP contribution in [0.2, 0.25) is 0 Å². The van der Waals surface area contributed by atoms with E-state index in [1.807, 2.05) is 20.8 Å². The molecule has 3 saturated carbocycles. The molecule has 0 saturated heterocycles. The molecule has 1 N–H and O–H groups in total. The smallest absolute Gasteiger partial charge is 0.306 e. The van der Waals surface area contributed by atoms with Crippen molar-refractivity contribution in [3.63, 3.8) is 0 Å². The molecule has 0 heterocycles. The SMILES string of the molecule is CCC(=O)O[C@@]1(C(=O)CBr)[C@H](C)C[C@H]2[C@@H]3CCC4=CC(=O)CC[C@]4(C)[C@@]3(F)[C@@H](O)C[C@@]21C. The Morgan fingerprint density at radius 3 is 2.59 bits per heavy atom. The standard InChI is InChI=1S/C25H34BrFO5/c1-5-21(31)32-25(20(30)13-26)14(2)10-18-17-7-6-15-11-16(28)8-9-22(15,3)24(17,27)19(29)12-23(18,25)4/h11,14,17-19,29H,5-10,12-13H2,1-4H3/t14-,17+,18+,19+,22+,23+,24+,25-/m1/s1. The van der Waals surface area contributed by atoms with Crippen LogP contribution in [-0.2, 0) is 19.1 Å². The number of carbonyl (C=O) groups excluding carboxylic acids is 3. The van der Waals surface area contributed by atoms with E-state index in [0.29, 0.717) is 25.7 Å². The molecule has 0 spiro atoms. The molecule has 5 nitrogen and oxygen atoms in total. The van der Waals surface area contributed by atoms with Crippen molar-refractivity contribution in [2.75, 3.05) is 5.33 Å². The number of hydrogen-bond acceptors (Lipinski definition) is 5. The van der Waals surface area contributed by atoms with Gasteiger partial charge in [0, 0.05) is 35.5 Å². The van der Waals surface area contributed by atoms with Gasteiger partial charge in [0.15, 0.2) is 17.2 Å². The van der Waals surface area contributed by atoms with Gasteiger partial charge in [-0.1, -0.05) is 49.2 Å². The Bertz CT molecular complexity index is 888. The van der Waals surface area contributed by atoms with E-state index in [1.54, 1.807) is 13.0 Å². The lowest BCUT2D eigenvalue weighted by atomic mass is 9.43. The summed E-state index contributed by atoms with van der Waals surface area (Å²) in [4.78, 5) is 37.9. The second-order valence-electron chi connectivity index (χ2n) is 10.9. The van der Waals surface area contributed by atoms with Gasteiger partial charge in [0.05, 0.1) is 11.4 Å². The second-order valence-corrected chi connectivity index (χ2v) is 11.4. The van der Waals surface area contributed by atoms with E-state index in [9.17, 15) is 19.5 Å². The first kappa shape index (κ1) is 24.1. The number of ketones is 2. The number of allylic oxidation sites excluding steroid dienone is 1. The van der Waals surface area contributed by atoms with Crippen LogP contribution >= 0.6 is 15.9 Å². The molecule has 0 aromatic rings. The van der Waals surface area contributed by atoms with Crippen LogP contribution in [-0.4, -0.2) is 45.3 Å². The summed E-state index contributed by atoms with van der Waals surface area (Å²) in [5, 5.41) is 11.5. The summed E-state index contributed by atoms with van der Waals surface area (Å²) >= 11 is 3.28. The number of ether oxygens (including phenoxy) is 1. The Balaban J connectivity index is 1.84. The molecule has 0 aliphatic heterocycles. The number of carbonyl (C=O) groups is 3. The minimum Gasteiger partial charge on any atom is -0.450 e. The molecular formula is C25H34BrFO5. The number of alkyl halides is 2. The van der Waals surface area contributed by atoms with E-state index in [4.69, 9.17) is 4.74 Å². The van der Waals surface area contributed by atoms with E-state index < -0.39 is 40.1 Å². The fourth-order valence-corrected chi connectivity index (χ4v) is 8.53. The van der Waals surface area contributed by atoms with Crippen LogP contribution in [0.15, 0.2) is 11.6 Å². The zero-order valence-corrected chi connectivity index (χ0v) is 21.0. The third-order valence-electron chi connectivity index (χ3n) is 9.68. The van der Waals surface area contributed by atoms with Gasteiger partial charge in [-0.2, -0.15) is 0 Å². The van der Waals surface area contributed by atoms with Crippen molar-refractivity contribution in [1.82, 2.24) is 0 Å². The third kappa shape index (κ3) is 2.79. The summed E-state index contributed by atoms with van der Waals surface area (Å²) in [7, 11) is 0. The minimum atomic E-state index is -1.88. The second kappa shape index (κ2) is 7.72. The highest BCUT2D eigenvalue weighted by atomic mass is 79.9. The van der Waals surface area contributed by atoms with E-state index in [0.717, 1.165) is 5.57 Å². The van der Waals surface area contributed by atoms with Gasteiger partial charge in [0.2, 0.25) is 0 Å². The van der Waals surface area contributed by atoms with E-state index >= 15 is 4.39 Å². The summed E-state index contributed by atoms with van der Waals surface area (Å²) < 4.78 is 23.2. The largest absolute Gasteiger partial charge is 0.450 e. The average Bonchev–Trinajstić information content (AvgIpc) is 2.96. The molecule has 0 aromatic carbocycles. The van der Waals surface area contributed by atoms with Crippen LogP contribution < -0.4 is 0 Å². The molecule has 4 aliphatic rings. The number of hydrogen-bond donors (Lipinski definition) is 1. The lowest BCUT2D eigenvalue weighted by Crippen LogP contribution is -2.70. The summed E-state index contributed by atoms with van der Waals surface area (Å²) in [5.41, 5.74) is -4.25. The highest BCUT2D eigenvalue weighted by Gasteiger charge is 2.77. The number of fused-ring (bicyclic) bond motifs is 5. The molecule has 0 radical (unpaired) electrons. The van der Waals surface area contributed by atoms with Crippen molar-refractivity contribution in [2.24, 2.45) is 28.6 Å². The van der Waals surface area contributed by atoms with Gasteiger partial charge in [-0.05, 0) is 44.1 Å². The first-order valence-electron chi connectivity index (χ1n) is 11.8. The molecule has 32 heavy (non-hydrogen) atoms. The van der Waals surface area contributed by atoms with Crippen molar-refractivity contribution in [3.05, 3.63) is 11.6 Å². The first-order valence-corrected chi connectivity index (χ1v) is 13.0. The number of Topliss-reactive ketones (excluding diaryl/α,β-unsaturated/α-hetero) is 1. The van der Waals surface area contributed by atoms with Crippen molar-refractivity contribution < 1.29 is 28.6 Å². The van der Waals surface area contributed by atoms with Crippen molar-refractivity contribution >= 4 is 33.5 Å². The van der Waals surface area contributed by atoms with Crippen LogP contribution in [0.5, 0.6) is 0 Å². The average molecular weight is 513 g/mol. The number of esters is 1. The van der Waals surface area contributed by atoms with E-state index in [2.05, 4.69) is 15.9 Å². The van der Waals surface area contributed by atoms with Gasteiger partial charge >= 0.3 is 5.97 Å². The molecule has 0 bridgehead atoms. The van der Waals surface area contributed by atoms with Crippen molar-refractivity contribution in [2.45, 2.75) is 90.0 Å². The van der Waals surface area contributed by atoms with Gasteiger partial charge in [0.1, 0.15) is 5.67 Å². The summed E-state index contributed by atoms with van der Waals surface area (Å²) in [6.07, 6.45) is 2.82. The molecular weight excluding hydrogens is 479 g/mol. The molecule has 178 valence electrons. The quantitative estimate of drug-likeness (QED) is 0.443. The normalized spacial score (nSPS) is 47.7. The lowest BCUT2D eigenvalue weighted by Gasteiger charge is -2.63. The van der Waals surface area contributed by atoms with Gasteiger partial charge in [0.25, 0.3) is 0 Å². The first-order chi connectivity index (χ1) is 14.9. The van der Waals surface area contributed by atoms with Gasteiger partial charge < -0.3 is 9.84 Å². The maximum atomic E-state index is 17.3. The maximum Gasteiger partial charge on any atom is 0.306 e. The third-order valence-corrected chi connectivity index (χ3v) is 10.2. The van der Waals surface area contributed by atoms with Crippen LogP contribution in [0.4, 0.5) is 4.39 Å². The minimum absolute atomic E-state index is 0.0255. The fourth-order valence-electron chi connectivity index (χ4n) is 8.11. The lowest BCUT2D eigenvalue weighted by molar-refractivity contribution is -0.234. The molecule has 3 fully saturated rings. The Morgan fingerprint density at radius 1 is 1.28 bits per heavy atom. The Labute approximate surface area is 197 Å². The van der Waals surface area contributed by atoms with Crippen LogP contribution in [0, 0.1) is 28.6 Å². The van der Waals surface area contributed by atoms with Gasteiger partial charge in [-0.25, -0.2) is 4.39 Å². The molecule has 7 heteroatoms. The molecule has 4 aliphatic carbocycles. The predicted molar refractivity (Wildman–Crippen MR) is 121 cm³/mol. The highest BCUT2D eigenvalue weighted by Crippen LogP contribution is 2.72. The molecule has 0 unspecified atom stereocenters. The Kier molecular flexibility index (Phi) is 5.81. The maximum absolute atomic E-state index is 17.3. The van der Waals surface area contributed by atoms with Crippen LogP contribution in [0.1, 0.15) is 72.6 Å². The molecule has 0 amide bonds. The molecule has 0 aromatic heterocycles. The van der Waals surface area contributed by atoms with E-state index in [-0.39, 0.29) is 48.0 Å². The monoisotopic (exact) mass is 512 g/mol.